The number of rotatable bonds is 8. The SMILES string of the molecule is CCCCN(C(=NCCOC)NN)C(C)CC. The summed E-state index contributed by atoms with van der Waals surface area (Å²) in [6.07, 6.45) is 3.40. The Labute approximate surface area is 105 Å². The highest BCUT2D eigenvalue weighted by Gasteiger charge is 2.15. The predicted octanol–water partition coefficient (Wildman–Crippen LogP) is 1.35. The fourth-order valence-electron chi connectivity index (χ4n) is 1.55. The van der Waals surface area contributed by atoms with E-state index in [1.165, 1.54) is 6.42 Å². The zero-order chi connectivity index (χ0) is 13.1. The average Bonchev–Trinajstić information content (AvgIpc) is 2.36. The maximum atomic E-state index is 5.56. The Hall–Kier alpha value is -0.810. The Balaban J connectivity index is 4.52. The molecule has 0 fully saturated rings. The minimum Gasteiger partial charge on any atom is -0.383 e. The fraction of sp³-hybridized carbons (Fsp3) is 0.917. The van der Waals surface area contributed by atoms with Crippen molar-refractivity contribution < 1.29 is 4.74 Å². The summed E-state index contributed by atoms with van der Waals surface area (Å²) in [7, 11) is 1.68. The largest absolute Gasteiger partial charge is 0.383 e. The van der Waals surface area contributed by atoms with Gasteiger partial charge in [-0.15, -0.1) is 0 Å². The number of guanidine groups is 1. The number of hydrogen-bond donors (Lipinski definition) is 2. The summed E-state index contributed by atoms with van der Waals surface area (Å²) in [5, 5.41) is 0. The Morgan fingerprint density at radius 1 is 1.47 bits per heavy atom. The summed E-state index contributed by atoms with van der Waals surface area (Å²) >= 11 is 0. The predicted molar refractivity (Wildman–Crippen MR) is 72.9 cm³/mol. The molecular formula is C12H28N4O. The first kappa shape index (κ1) is 16.2. The number of hydrazine groups is 1. The van der Waals surface area contributed by atoms with Crippen LogP contribution in [-0.2, 0) is 4.74 Å². The third-order valence-corrected chi connectivity index (χ3v) is 2.83. The Morgan fingerprint density at radius 3 is 2.65 bits per heavy atom. The van der Waals surface area contributed by atoms with Gasteiger partial charge in [0.05, 0.1) is 13.2 Å². The molecular weight excluding hydrogens is 216 g/mol. The van der Waals surface area contributed by atoms with Gasteiger partial charge in [-0.1, -0.05) is 20.3 Å². The first-order chi connectivity index (χ1) is 8.21. The van der Waals surface area contributed by atoms with Crippen LogP contribution in [0.5, 0.6) is 0 Å². The first-order valence-corrected chi connectivity index (χ1v) is 6.47. The van der Waals surface area contributed by atoms with Crippen LogP contribution in [0.15, 0.2) is 4.99 Å². The van der Waals surface area contributed by atoms with E-state index >= 15 is 0 Å². The molecule has 3 N–H and O–H groups in total. The number of unbranched alkanes of at least 4 members (excludes halogenated alkanes) is 1. The number of methoxy groups -OCH3 is 1. The van der Waals surface area contributed by atoms with Crippen molar-refractivity contribution in [1.29, 1.82) is 0 Å². The molecule has 0 saturated carbocycles. The third kappa shape index (κ3) is 6.48. The van der Waals surface area contributed by atoms with Crippen LogP contribution in [-0.4, -0.2) is 43.7 Å². The second-order valence-corrected chi connectivity index (χ2v) is 4.15. The second-order valence-electron chi connectivity index (χ2n) is 4.15. The first-order valence-electron chi connectivity index (χ1n) is 6.47. The van der Waals surface area contributed by atoms with E-state index in [4.69, 9.17) is 10.6 Å². The molecule has 0 amide bonds. The van der Waals surface area contributed by atoms with E-state index < -0.39 is 0 Å². The highest BCUT2D eigenvalue weighted by molar-refractivity contribution is 5.79. The van der Waals surface area contributed by atoms with E-state index in [1.54, 1.807) is 7.11 Å². The van der Waals surface area contributed by atoms with Gasteiger partial charge < -0.3 is 9.64 Å². The molecule has 5 nitrogen and oxygen atoms in total. The highest BCUT2D eigenvalue weighted by Crippen LogP contribution is 2.06. The number of nitrogens with one attached hydrogen (secondary N) is 1. The van der Waals surface area contributed by atoms with Crippen LogP contribution in [0.4, 0.5) is 0 Å². The molecule has 0 aromatic carbocycles. The van der Waals surface area contributed by atoms with E-state index in [1.807, 2.05) is 0 Å². The molecule has 0 saturated heterocycles. The molecule has 0 aromatic rings. The summed E-state index contributed by atoms with van der Waals surface area (Å²) in [5.74, 6) is 6.33. The van der Waals surface area contributed by atoms with Crippen molar-refractivity contribution in [1.82, 2.24) is 10.3 Å². The number of nitrogens with zero attached hydrogens (tertiary/aromatic N) is 2. The Kier molecular flexibility index (Phi) is 9.86. The number of ether oxygens (including phenoxy) is 1. The van der Waals surface area contributed by atoms with Crippen molar-refractivity contribution in [3.63, 3.8) is 0 Å². The Morgan fingerprint density at radius 2 is 2.18 bits per heavy atom. The lowest BCUT2D eigenvalue weighted by Crippen LogP contribution is -2.49. The van der Waals surface area contributed by atoms with Crippen LogP contribution in [0.25, 0.3) is 0 Å². The summed E-state index contributed by atoms with van der Waals surface area (Å²) in [6, 6.07) is 0.443. The van der Waals surface area contributed by atoms with E-state index in [9.17, 15) is 0 Å². The van der Waals surface area contributed by atoms with Gasteiger partial charge in [0.15, 0.2) is 0 Å². The molecule has 17 heavy (non-hydrogen) atoms. The zero-order valence-electron chi connectivity index (χ0n) is 11.7. The van der Waals surface area contributed by atoms with E-state index in [-0.39, 0.29) is 0 Å². The molecule has 0 spiro atoms. The second kappa shape index (κ2) is 10.4. The molecule has 5 heteroatoms. The van der Waals surface area contributed by atoms with Crippen LogP contribution in [0.3, 0.4) is 0 Å². The van der Waals surface area contributed by atoms with E-state index in [0.717, 1.165) is 25.3 Å². The van der Waals surface area contributed by atoms with Crippen LogP contribution in [0.1, 0.15) is 40.0 Å². The van der Waals surface area contributed by atoms with Gasteiger partial charge in [-0.05, 0) is 19.8 Å². The molecule has 1 unspecified atom stereocenters. The van der Waals surface area contributed by atoms with Gasteiger partial charge in [0.25, 0.3) is 0 Å². The molecule has 0 rings (SSSR count). The maximum absolute atomic E-state index is 5.56. The molecule has 0 aliphatic carbocycles. The minimum absolute atomic E-state index is 0.443. The zero-order valence-corrected chi connectivity index (χ0v) is 11.7. The van der Waals surface area contributed by atoms with Gasteiger partial charge >= 0.3 is 0 Å². The van der Waals surface area contributed by atoms with Crippen LogP contribution in [0, 0.1) is 0 Å². The van der Waals surface area contributed by atoms with E-state index in [2.05, 4.69) is 36.1 Å². The van der Waals surface area contributed by atoms with Gasteiger partial charge in [0.1, 0.15) is 0 Å². The highest BCUT2D eigenvalue weighted by atomic mass is 16.5. The van der Waals surface area contributed by atoms with Crippen LogP contribution < -0.4 is 11.3 Å². The average molecular weight is 244 g/mol. The molecule has 0 aliphatic rings. The van der Waals surface area contributed by atoms with Gasteiger partial charge in [-0.25, -0.2) is 10.8 Å². The van der Waals surface area contributed by atoms with E-state index in [0.29, 0.717) is 19.2 Å². The smallest absolute Gasteiger partial charge is 0.208 e. The van der Waals surface area contributed by atoms with Gasteiger partial charge in [-0.2, -0.15) is 0 Å². The topological polar surface area (TPSA) is 62.9 Å². The minimum atomic E-state index is 0.443. The van der Waals surface area contributed by atoms with Crippen molar-refractivity contribution in [2.24, 2.45) is 10.8 Å². The Bertz CT molecular complexity index is 209. The lowest BCUT2D eigenvalue weighted by molar-refractivity contribution is 0.207. The third-order valence-electron chi connectivity index (χ3n) is 2.83. The van der Waals surface area contributed by atoms with Crippen molar-refractivity contribution in [3.8, 4) is 0 Å². The molecule has 102 valence electrons. The van der Waals surface area contributed by atoms with Gasteiger partial charge in [0, 0.05) is 19.7 Å². The van der Waals surface area contributed by atoms with Crippen molar-refractivity contribution in [2.75, 3.05) is 26.8 Å². The molecule has 0 heterocycles. The van der Waals surface area contributed by atoms with Crippen LogP contribution in [0.2, 0.25) is 0 Å². The molecule has 0 aliphatic heterocycles. The maximum Gasteiger partial charge on any atom is 0.208 e. The standard InChI is InChI=1S/C12H28N4O/c1-5-7-9-16(11(3)6-2)12(15-13)14-8-10-17-4/h11H,5-10,13H2,1-4H3,(H,14,15). The quantitative estimate of drug-likeness (QED) is 0.222. The van der Waals surface area contributed by atoms with Crippen molar-refractivity contribution in [2.45, 2.75) is 46.1 Å². The number of aliphatic imine (C=N–C) groups is 1. The summed E-state index contributed by atoms with van der Waals surface area (Å²) < 4.78 is 4.99. The normalized spacial score (nSPS) is 13.6. The lowest BCUT2D eigenvalue weighted by Gasteiger charge is -2.31. The lowest BCUT2D eigenvalue weighted by atomic mass is 10.2. The van der Waals surface area contributed by atoms with Crippen LogP contribution >= 0.6 is 0 Å². The summed E-state index contributed by atoms with van der Waals surface area (Å²) in [4.78, 5) is 6.67. The fourth-order valence-corrected chi connectivity index (χ4v) is 1.55. The summed E-state index contributed by atoms with van der Waals surface area (Å²) in [5.41, 5.74) is 2.71. The molecule has 0 aromatic heterocycles. The number of hydrogen-bond acceptors (Lipinski definition) is 3. The summed E-state index contributed by atoms with van der Waals surface area (Å²) in [6.45, 7) is 8.79. The molecule has 0 bridgehead atoms. The van der Waals surface area contributed by atoms with Crippen molar-refractivity contribution in [3.05, 3.63) is 0 Å². The van der Waals surface area contributed by atoms with Gasteiger partial charge in [-0.3, -0.25) is 5.43 Å². The monoisotopic (exact) mass is 244 g/mol. The van der Waals surface area contributed by atoms with Crippen molar-refractivity contribution >= 4 is 5.96 Å². The van der Waals surface area contributed by atoms with Gasteiger partial charge in [0.2, 0.25) is 5.96 Å². The molecule has 1 atom stereocenters. The number of nitrogens with two attached hydrogens (primary N) is 1. The molecule has 0 radical (unpaired) electrons.